The van der Waals surface area contributed by atoms with Gasteiger partial charge in [-0.2, -0.15) is 10.1 Å². The van der Waals surface area contributed by atoms with E-state index in [0.29, 0.717) is 5.82 Å². The summed E-state index contributed by atoms with van der Waals surface area (Å²) >= 11 is 0. The van der Waals surface area contributed by atoms with Crippen LogP contribution in [0.5, 0.6) is 0 Å². The lowest BCUT2D eigenvalue weighted by atomic mass is 10.2. The molecule has 0 bridgehead atoms. The number of aryl methyl sites for hydroxylation is 1. The zero-order chi connectivity index (χ0) is 8.55. The molecular formula is C7H8N4O. The molecule has 0 spiro atoms. The van der Waals surface area contributed by atoms with Gasteiger partial charge in [0.2, 0.25) is 12.2 Å². The van der Waals surface area contributed by atoms with Crippen molar-refractivity contribution in [2.75, 3.05) is 0 Å². The van der Waals surface area contributed by atoms with Crippen molar-refractivity contribution in [3.05, 3.63) is 18.3 Å². The van der Waals surface area contributed by atoms with E-state index < -0.39 is 0 Å². The molecule has 0 aliphatic heterocycles. The maximum atomic E-state index is 4.64. The van der Waals surface area contributed by atoms with E-state index in [1.165, 1.54) is 6.39 Å². The van der Waals surface area contributed by atoms with Crippen LogP contribution in [0.25, 0.3) is 11.4 Å². The predicted molar refractivity (Wildman–Crippen MR) is 41.2 cm³/mol. The van der Waals surface area contributed by atoms with Crippen molar-refractivity contribution < 1.29 is 4.52 Å². The van der Waals surface area contributed by atoms with Gasteiger partial charge in [0, 0.05) is 12.7 Å². The number of rotatable bonds is 1. The molecule has 2 aromatic heterocycles. The number of hydrogen-bond donors (Lipinski definition) is 0. The largest absolute Gasteiger partial charge is 0.342 e. The smallest absolute Gasteiger partial charge is 0.214 e. The minimum atomic E-state index is 0.584. The second-order valence-corrected chi connectivity index (χ2v) is 2.52. The SMILES string of the molecule is Cc1c(-c2ncon2)cnn1C. The lowest BCUT2D eigenvalue weighted by Gasteiger charge is -1.93. The number of nitrogens with zero attached hydrogens (tertiary/aromatic N) is 4. The fraction of sp³-hybridized carbons (Fsp3) is 0.286. The first-order valence-electron chi connectivity index (χ1n) is 3.54. The molecule has 0 unspecified atom stereocenters. The average molecular weight is 164 g/mol. The highest BCUT2D eigenvalue weighted by Crippen LogP contribution is 2.17. The van der Waals surface area contributed by atoms with Gasteiger partial charge in [0.25, 0.3) is 0 Å². The van der Waals surface area contributed by atoms with E-state index in [1.54, 1.807) is 10.9 Å². The molecule has 0 fully saturated rings. The van der Waals surface area contributed by atoms with Crippen LogP contribution in [-0.4, -0.2) is 19.9 Å². The lowest BCUT2D eigenvalue weighted by Crippen LogP contribution is -1.92. The third-order valence-electron chi connectivity index (χ3n) is 1.84. The molecule has 0 saturated heterocycles. The van der Waals surface area contributed by atoms with E-state index in [-0.39, 0.29) is 0 Å². The average Bonchev–Trinajstić information content (AvgIpc) is 2.64. The van der Waals surface area contributed by atoms with Gasteiger partial charge in [-0.05, 0) is 6.92 Å². The molecule has 2 heterocycles. The van der Waals surface area contributed by atoms with Crippen LogP contribution in [-0.2, 0) is 7.05 Å². The van der Waals surface area contributed by atoms with Crippen molar-refractivity contribution in [2.24, 2.45) is 7.05 Å². The summed E-state index contributed by atoms with van der Waals surface area (Å²) in [7, 11) is 1.87. The van der Waals surface area contributed by atoms with Crippen LogP contribution in [0, 0.1) is 6.92 Å². The zero-order valence-electron chi connectivity index (χ0n) is 6.85. The summed E-state index contributed by atoms with van der Waals surface area (Å²) in [5, 5.41) is 7.79. The molecule has 12 heavy (non-hydrogen) atoms. The molecule has 0 aliphatic carbocycles. The first kappa shape index (κ1) is 7.02. The molecule has 62 valence electrons. The fourth-order valence-electron chi connectivity index (χ4n) is 1.01. The van der Waals surface area contributed by atoms with Crippen LogP contribution < -0.4 is 0 Å². The van der Waals surface area contributed by atoms with E-state index in [2.05, 4.69) is 19.8 Å². The highest BCUT2D eigenvalue weighted by Gasteiger charge is 2.09. The van der Waals surface area contributed by atoms with Gasteiger partial charge in [-0.1, -0.05) is 5.16 Å². The van der Waals surface area contributed by atoms with Crippen molar-refractivity contribution in [1.82, 2.24) is 19.9 Å². The lowest BCUT2D eigenvalue weighted by molar-refractivity contribution is 0.418. The highest BCUT2D eigenvalue weighted by molar-refractivity contribution is 5.55. The standard InChI is InChI=1S/C7H8N4O/c1-5-6(3-9-11(5)2)7-8-4-12-10-7/h3-4H,1-2H3. The Morgan fingerprint density at radius 2 is 2.33 bits per heavy atom. The summed E-state index contributed by atoms with van der Waals surface area (Å²) in [6.45, 7) is 1.96. The molecule has 0 radical (unpaired) electrons. The van der Waals surface area contributed by atoms with E-state index >= 15 is 0 Å². The predicted octanol–water partition coefficient (Wildman–Crippen LogP) is 0.779. The van der Waals surface area contributed by atoms with Crippen LogP contribution in [0.3, 0.4) is 0 Å². The molecule has 0 amide bonds. The zero-order valence-corrected chi connectivity index (χ0v) is 6.85. The van der Waals surface area contributed by atoms with Gasteiger partial charge in [-0.15, -0.1) is 0 Å². The van der Waals surface area contributed by atoms with Crippen molar-refractivity contribution in [1.29, 1.82) is 0 Å². The summed E-state index contributed by atoms with van der Waals surface area (Å²) in [4.78, 5) is 3.93. The maximum Gasteiger partial charge on any atom is 0.214 e. The molecule has 0 N–H and O–H groups in total. The molecule has 0 atom stereocenters. The normalized spacial score (nSPS) is 10.5. The Hall–Kier alpha value is -1.65. The molecule has 0 aromatic carbocycles. The molecule has 5 heteroatoms. The molecule has 0 saturated carbocycles. The summed E-state index contributed by atoms with van der Waals surface area (Å²) < 4.78 is 6.40. The number of aromatic nitrogens is 4. The van der Waals surface area contributed by atoms with Crippen molar-refractivity contribution >= 4 is 0 Å². The molecular weight excluding hydrogens is 156 g/mol. The van der Waals surface area contributed by atoms with Gasteiger partial charge in [0.05, 0.1) is 11.8 Å². The Morgan fingerprint density at radius 3 is 2.83 bits per heavy atom. The van der Waals surface area contributed by atoms with Crippen molar-refractivity contribution in [3.8, 4) is 11.4 Å². The van der Waals surface area contributed by atoms with Gasteiger partial charge in [-0.3, -0.25) is 4.68 Å². The quantitative estimate of drug-likeness (QED) is 0.624. The van der Waals surface area contributed by atoms with Crippen molar-refractivity contribution in [3.63, 3.8) is 0 Å². The summed E-state index contributed by atoms with van der Waals surface area (Å²) in [5.41, 5.74) is 1.93. The van der Waals surface area contributed by atoms with Crippen LogP contribution in [0.4, 0.5) is 0 Å². The fourth-order valence-corrected chi connectivity index (χ4v) is 1.01. The third kappa shape index (κ3) is 0.903. The molecule has 2 aromatic rings. The van der Waals surface area contributed by atoms with Crippen LogP contribution in [0.2, 0.25) is 0 Å². The van der Waals surface area contributed by atoms with Gasteiger partial charge in [-0.25, -0.2) is 0 Å². The second kappa shape index (κ2) is 2.44. The van der Waals surface area contributed by atoms with Crippen LogP contribution in [0.1, 0.15) is 5.69 Å². The van der Waals surface area contributed by atoms with E-state index in [9.17, 15) is 0 Å². The number of hydrogen-bond acceptors (Lipinski definition) is 4. The maximum absolute atomic E-state index is 4.64. The Morgan fingerprint density at radius 1 is 1.50 bits per heavy atom. The summed E-state index contributed by atoms with van der Waals surface area (Å²) in [6.07, 6.45) is 3.03. The van der Waals surface area contributed by atoms with E-state index in [0.717, 1.165) is 11.3 Å². The molecule has 2 rings (SSSR count). The van der Waals surface area contributed by atoms with Crippen LogP contribution in [0.15, 0.2) is 17.1 Å². The van der Waals surface area contributed by atoms with Gasteiger partial charge in [0.15, 0.2) is 0 Å². The van der Waals surface area contributed by atoms with Gasteiger partial charge < -0.3 is 4.52 Å². The van der Waals surface area contributed by atoms with Crippen LogP contribution >= 0.6 is 0 Å². The minimum Gasteiger partial charge on any atom is -0.342 e. The molecule has 0 aliphatic rings. The highest BCUT2D eigenvalue weighted by atomic mass is 16.5. The topological polar surface area (TPSA) is 56.7 Å². The Labute approximate surface area is 69.0 Å². The first-order chi connectivity index (χ1) is 5.79. The Kier molecular flexibility index (Phi) is 1.43. The second-order valence-electron chi connectivity index (χ2n) is 2.52. The Balaban J connectivity index is 2.55. The Bertz CT molecular complexity index is 376. The summed E-state index contributed by atoms with van der Waals surface area (Å²) in [5.74, 6) is 0.584. The van der Waals surface area contributed by atoms with Gasteiger partial charge in [0.1, 0.15) is 0 Å². The first-order valence-corrected chi connectivity index (χ1v) is 3.54. The van der Waals surface area contributed by atoms with E-state index in [4.69, 9.17) is 0 Å². The van der Waals surface area contributed by atoms with E-state index in [1.807, 2.05) is 14.0 Å². The minimum absolute atomic E-state index is 0.584. The third-order valence-corrected chi connectivity index (χ3v) is 1.84. The van der Waals surface area contributed by atoms with Gasteiger partial charge >= 0.3 is 0 Å². The molecule has 5 nitrogen and oxygen atoms in total. The van der Waals surface area contributed by atoms with Crippen molar-refractivity contribution in [2.45, 2.75) is 6.92 Å². The monoisotopic (exact) mass is 164 g/mol. The summed E-state index contributed by atoms with van der Waals surface area (Å²) in [6, 6.07) is 0.